The zero-order valence-electron chi connectivity index (χ0n) is 10.9. The second-order valence-corrected chi connectivity index (χ2v) is 4.69. The summed E-state index contributed by atoms with van der Waals surface area (Å²) in [5.74, 6) is 1.56. The molecule has 2 heteroatoms. The van der Waals surface area contributed by atoms with Gasteiger partial charge in [0, 0.05) is 12.5 Å². The van der Waals surface area contributed by atoms with Crippen LogP contribution in [-0.2, 0) is 0 Å². The largest absolute Gasteiger partial charge is 0.496 e. The third-order valence-electron chi connectivity index (χ3n) is 3.05. The quantitative estimate of drug-likeness (QED) is 0.847. The molecular weight excluding hydrogens is 200 g/mol. The molecule has 1 atom stereocenters. The third-order valence-corrected chi connectivity index (χ3v) is 3.05. The van der Waals surface area contributed by atoms with E-state index in [9.17, 15) is 5.11 Å². The van der Waals surface area contributed by atoms with Crippen molar-refractivity contribution in [2.75, 3.05) is 13.7 Å². The second kappa shape index (κ2) is 5.35. The lowest BCUT2D eigenvalue weighted by Gasteiger charge is -2.18. The van der Waals surface area contributed by atoms with E-state index in [1.165, 1.54) is 16.7 Å². The van der Waals surface area contributed by atoms with Crippen LogP contribution < -0.4 is 4.74 Å². The van der Waals surface area contributed by atoms with E-state index < -0.39 is 0 Å². The number of benzene rings is 1. The Morgan fingerprint density at radius 3 is 2.25 bits per heavy atom. The first kappa shape index (κ1) is 13.0. The minimum absolute atomic E-state index is 0.184. The van der Waals surface area contributed by atoms with Crippen molar-refractivity contribution < 1.29 is 9.84 Å². The smallest absolute Gasteiger partial charge is 0.122 e. The summed E-state index contributed by atoms with van der Waals surface area (Å²) >= 11 is 0. The van der Waals surface area contributed by atoms with Gasteiger partial charge in [-0.25, -0.2) is 0 Å². The molecule has 1 aromatic rings. The van der Waals surface area contributed by atoms with E-state index in [-0.39, 0.29) is 12.5 Å². The molecule has 0 saturated carbocycles. The minimum Gasteiger partial charge on any atom is -0.496 e. The maximum atomic E-state index is 9.24. The number of aliphatic hydroxyl groups is 1. The summed E-state index contributed by atoms with van der Waals surface area (Å²) in [5.41, 5.74) is 3.61. The molecule has 0 saturated heterocycles. The van der Waals surface area contributed by atoms with Gasteiger partial charge in [0.05, 0.1) is 7.11 Å². The SMILES string of the molecule is COc1cc(C)c(C(C)CO)cc1C(C)C. The topological polar surface area (TPSA) is 29.5 Å². The minimum atomic E-state index is 0.184. The lowest BCUT2D eigenvalue weighted by Crippen LogP contribution is -2.04. The standard InChI is InChI=1S/C14H22O2/c1-9(2)12-7-13(11(4)8-15)10(3)6-14(12)16-5/h6-7,9,11,15H,8H2,1-5H3. The molecule has 0 heterocycles. The van der Waals surface area contributed by atoms with Crippen molar-refractivity contribution in [3.63, 3.8) is 0 Å². The average molecular weight is 222 g/mol. The van der Waals surface area contributed by atoms with E-state index in [4.69, 9.17) is 4.74 Å². The molecule has 0 amide bonds. The Bertz CT molecular complexity index is 356. The van der Waals surface area contributed by atoms with Crippen LogP contribution in [0.5, 0.6) is 5.75 Å². The number of rotatable bonds is 4. The molecule has 2 nitrogen and oxygen atoms in total. The van der Waals surface area contributed by atoms with Crippen molar-refractivity contribution >= 4 is 0 Å². The predicted molar refractivity (Wildman–Crippen MR) is 67.3 cm³/mol. The number of ether oxygens (including phenoxy) is 1. The molecule has 1 N–H and O–H groups in total. The van der Waals surface area contributed by atoms with Crippen LogP contribution in [0.2, 0.25) is 0 Å². The highest BCUT2D eigenvalue weighted by atomic mass is 16.5. The van der Waals surface area contributed by atoms with Gasteiger partial charge in [0.1, 0.15) is 5.75 Å². The molecule has 0 spiro atoms. The summed E-state index contributed by atoms with van der Waals surface area (Å²) in [6.07, 6.45) is 0. The third kappa shape index (κ3) is 2.56. The Balaban J connectivity index is 3.27. The maximum absolute atomic E-state index is 9.24. The van der Waals surface area contributed by atoms with E-state index in [0.717, 1.165) is 5.75 Å². The molecule has 90 valence electrons. The van der Waals surface area contributed by atoms with E-state index >= 15 is 0 Å². The van der Waals surface area contributed by atoms with E-state index in [2.05, 4.69) is 32.9 Å². The molecule has 16 heavy (non-hydrogen) atoms. The lowest BCUT2D eigenvalue weighted by atomic mass is 9.91. The molecule has 0 aromatic heterocycles. The van der Waals surface area contributed by atoms with Gasteiger partial charge >= 0.3 is 0 Å². The van der Waals surface area contributed by atoms with Gasteiger partial charge in [-0.1, -0.05) is 26.8 Å². The molecule has 0 bridgehead atoms. The van der Waals surface area contributed by atoms with Gasteiger partial charge in [-0.05, 0) is 35.6 Å². The lowest BCUT2D eigenvalue weighted by molar-refractivity contribution is 0.272. The molecule has 1 aromatic carbocycles. The van der Waals surface area contributed by atoms with Crippen LogP contribution in [0.15, 0.2) is 12.1 Å². The molecular formula is C14H22O2. The van der Waals surface area contributed by atoms with Crippen LogP contribution in [0.4, 0.5) is 0 Å². The van der Waals surface area contributed by atoms with Crippen LogP contribution in [0.3, 0.4) is 0 Å². The van der Waals surface area contributed by atoms with Crippen molar-refractivity contribution in [2.24, 2.45) is 0 Å². The van der Waals surface area contributed by atoms with Crippen LogP contribution in [0.1, 0.15) is 49.3 Å². The number of methoxy groups -OCH3 is 1. The molecule has 0 radical (unpaired) electrons. The number of aryl methyl sites for hydroxylation is 1. The first-order valence-corrected chi connectivity index (χ1v) is 5.80. The predicted octanol–water partition coefficient (Wildman–Crippen LogP) is 3.22. The molecule has 0 aliphatic carbocycles. The first-order chi connectivity index (χ1) is 7.51. The normalized spacial score (nSPS) is 12.9. The van der Waals surface area contributed by atoms with E-state index in [0.29, 0.717) is 5.92 Å². The molecule has 1 rings (SSSR count). The highest BCUT2D eigenvalue weighted by molar-refractivity contribution is 5.45. The highest BCUT2D eigenvalue weighted by Crippen LogP contribution is 2.32. The van der Waals surface area contributed by atoms with Crippen LogP contribution in [-0.4, -0.2) is 18.8 Å². The van der Waals surface area contributed by atoms with Crippen LogP contribution in [0.25, 0.3) is 0 Å². The van der Waals surface area contributed by atoms with Gasteiger partial charge in [0.25, 0.3) is 0 Å². The monoisotopic (exact) mass is 222 g/mol. The second-order valence-electron chi connectivity index (χ2n) is 4.69. The fourth-order valence-corrected chi connectivity index (χ4v) is 1.97. The molecule has 0 fully saturated rings. The summed E-state index contributed by atoms with van der Waals surface area (Å²) in [4.78, 5) is 0. The van der Waals surface area contributed by atoms with Gasteiger partial charge in [-0.2, -0.15) is 0 Å². The Kier molecular flexibility index (Phi) is 4.36. The maximum Gasteiger partial charge on any atom is 0.122 e. The fraction of sp³-hybridized carbons (Fsp3) is 0.571. The summed E-state index contributed by atoms with van der Waals surface area (Å²) < 4.78 is 5.39. The van der Waals surface area contributed by atoms with Gasteiger partial charge in [-0.3, -0.25) is 0 Å². The van der Waals surface area contributed by atoms with Crippen molar-refractivity contribution in [1.82, 2.24) is 0 Å². The molecule has 0 aliphatic heterocycles. The van der Waals surface area contributed by atoms with Crippen molar-refractivity contribution in [2.45, 2.75) is 39.5 Å². The van der Waals surface area contributed by atoms with Crippen molar-refractivity contribution in [3.8, 4) is 5.75 Å². The molecule has 0 aliphatic rings. The van der Waals surface area contributed by atoms with Crippen LogP contribution in [0, 0.1) is 6.92 Å². The summed E-state index contributed by atoms with van der Waals surface area (Å²) in [5, 5.41) is 9.24. The van der Waals surface area contributed by atoms with Crippen LogP contribution >= 0.6 is 0 Å². The van der Waals surface area contributed by atoms with Crippen molar-refractivity contribution in [3.05, 3.63) is 28.8 Å². The van der Waals surface area contributed by atoms with Crippen molar-refractivity contribution in [1.29, 1.82) is 0 Å². The Labute approximate surface area is 98.3 Å². The number of aliphatic hydroxyl groups excluding tert-OH is 1. The summed E-state index contributed by atoms with van der Waals surface area (Å²) in [6.45, 7) is 8.60. The number of hydrogen-bond donors (Lipinski definition) is 1. The zero-order valence-corrected chi connectivity index (χ0v) is 10.9. The van der Waals surface area contributed by atoms with Gasteiger partial charge < -0.3 is 9.84 Å². The summed E-state index contributed by atoms with van der Waals surface area (Å²) in [7, 11) is 1.70. The molecule has 1 unspecified atom stereocenters. The zero-order chi connectivity index (χ0) is 12.3. The first-order valence-electron chi connectivity index (χ1n) is 5.80. The Morgan fingerprint density at radius 1 is 1.19 bits per heavy atom. The van der Waals surface area contributed by atoms with E-state index in [1.807, 2.05) is 6.92 Å². The van der Waals surface area contributed by atoms with Gasteiger partial charge in [0.2, 0.25) is 0 Å². The average Bonchev–Trinajstić information content (AvgIpc) is 2.27. The van der Waals surface area contributed by atoms with Gasteiger partial charge in [-0.15, -0.1) is 0 Å². The fourth-order valence-electron chi connectivity index (χ4n) is 1.97. The Hall–Kier alpha value is -1.02. The highest BCUT2D eigenvalue weighted by Gasteiger charge is 2.14. The summed E-state index contributed by atoms with van der Waals surface area (Å²) in [6, 6.07) is 4.23. The van der Waals surface area contributed by atoms with Gasteiger partial charge in [0.15, 0.2) is 0 Å². The number of hydrogen-bond acceptors (Lipinski definition) is 2. The Morgan fingerprint density at radius 2 is 1.81 bits per heavy atom. The van der Waals surface area contributed by atoms with E-state index in [1.54, 1.807) is 7.11 Å².